The number of rotatable bonds is 2. The van der Waals surface area contributed by atoms with Gasteiger partial charge in [-0.05, 0) is 24.6 Å². The van der Waals surface area contributed by atoms with Crippen LogP contribution in [0.15, 0.2) is 22.7 Å². The minimum atomic E-state index is -4.45. The molecule has 7 heteroatoms. The molecule has 1 aromatic carbocycles. The zero-order chi connectivity index (χ0) is 14.2. The largest absolute Gasteiger partial charge is 0.418 e. The second-order valence-electron chi connectivity index (χ2n) is 4.43. The van der Waals surface area contributed by atoms with E-state index in [9.17, 15) is 18.0 Å². The highest BCUT2D eigenvalue weighted by molar-refractivity contribution is 9.10. The van der Waals surface area contributed by atoms with Gasteiger partial charge in [0.1, 0.15) is 6.04 Å². The fourth-order valence-electron chi connectivity index (χ4n) is 2.03. The molecule has 0 aromatic heterocycles. The Morgan fingerprint density at radius 2 is 2.11 bits per heavy atom. The van der Waals surface area contributed by atoms with E-state index in [2.05, 4.69) is 21.2 Å². The summed E-state index contributed by atoms with van der Waals surface area (Å²) >= 11 is 3.14. The van der Waals surface area contributed by atoms with Crippen LogP contribution in [0.1, 0.15) is 12.0 Å². The van der Waals surface area contributed by atoms with Gasteiger partial charge in [0.2, 0.25) is 5.91 Å². The van der Waals surface area contributed by atoms with Crippen molar-refractivity contribution in [2.45, 2.75) is 18.6 Å². The van der Waals surface area contributed by atoms with Crippen LogP contribution in [0.5, 0.6) is 0 Å². The van der Waals surface area contributed by atoms with Crippen molar-refractivity contribution in [1.82, 2.24) is 4.90 Å². The molecule has 1 heterocycles. The summed E-state index contributed by atoms with van der Waals surface area (Å²) < 4.78 is 39.2. The van der Waals surface area contributed by atoms with Gasteiger partial charge in [0.15, 0.2) is 0 Å². The lowest BCUT2D eigenvalue weighted by Crippen LogP contribution is -2.31. The fraction of sp³-hybridized carbons (Fsp3) is 0.417. The Morgan fingerprint density at radius 3 is 2.63 bits per heavy atom. The van der Waals surface area contributed by atoms with Gasteiger partial charge in [0, 0.05) is 23.8 Å². The number of halogens is 4. The van der Waals surface area contributed by atoms with Crippen LogP contribution >= 0.6 is 15.9 Å². The predicted molar refractivity (Wildman–Crippen MR) is 68.8 cm³/mol. The molecule has 0 aliphatic carbocycles. The smallest absolute Gasteiger partial charge is 0.373 e. The van der Waals surface area contributed by atoms with Crippen LogP contribution in [0, 0.1) is 0 Å². The van der Waals surface area contributed by atoms with Crippen molar-refractivity contribution >= 4 is 27.5 Å². The molecule has 1 aromatic rings. The monoisotopic (exact) mass is 336 g/mol. The summed E-state index contributed by atoms with van der Waals surface area (Å²) in [6.45, 7) is 0.547. The third-order valence-electron chi connectivity index (χ3n) is 3.04. The SMILES string of the molecule is CN1CCC(Nc2cc(Br)ccc2C(F)(F)F)C1=O. The summed E-state index contributed by atoms with van der Waals surface area (Å²) in [6, 6.07) is 3.07. The van der Waals surface area contributed by atoms with E-state index in [1.165, 1.54) is 17.0 Å². The molecule has 1 aliphatic heterocycles. The van der Waals surface area contributed by atoms with E-state index in [4.69, 9.17) is 0 Å². The number of likely N-dealkylation sites (tertiary alicyclic amines) is 1. The van der Waals surface area contributed by atoms with Gasteiger partial charge in [-0.1, -0.05) is 15.9 Å². The lowest BCUT2D eigenvalue weighted by atomic mass is 10.1. The third-order valence-corrected chi connectivity index (χ3v) is 3.54. The van der Waals surface area contributed by atoms with Crippen molar-refractivity contribution in [3.63, 3.8) is 0 Å². The number of benzene rings is 1. The van der Waals surface area contributed by atoms with Crippen LogP contribution < -0.4 is 5.32 Å². The summed E-state index contributed by atoms with van der Waals surface area (Å²) in [5.41, 5.74) is -0.839. The molecule has 0 spiro atoms. The number of alkyl halides is 3. The van der Waals surface area contributed by atoms with E-state index in [1.54, 1.807) is 7.05 Å². The quantitative estimate of drug-likeness (QED) is 0.899. The molecular weight excluding hydrogens is 325 g/mol. The molecule has 3 nitrogen and oxygen atoms in total. The number of nitrogens with one attached hydrogen (secondary N) is 1. The van der Waals surface area contributed by atoms with Gasteiger partial charge in [-0.15, -0.1) is 0 Å². The molecule has 104 valence electrons. The van der Waals surface area contributed by atoms with Crippen LogP contribution in [0.2, 0.25) is 0 Å². The summed E-state index contributed by atoms with van der Waals surface area (Å²) in [5, 5.41) is 2.70. The average molecular weight is 337 g/mol. The molecule has 1 N–H and O–H groups in total. The molecule has 0 saturated carbocycles. The van der Waals surface area contributed by atoms with Gasteiger partial charge in [-0.3, -0.25) is 4.79 Å². The molecular formula is C12H12BrF3N2O. The molecule has 1 saturated heterocycles. The van der Waals surface area contributed by atoms with Crippen molar-refractivity contribution in [3.05, 3.63) is 28.2 Å². The maximum Gasteiger partial charge on any atom is 0.418 e. The number of hydrogen-bond acceptors (Lipinski definition) is 2. The number of hydrogen-bond donors (Lipinski definition) is 1. The van der Waals surface area contributed by atoms with Gasteiger partial charge < -0.3 is 10.2 Å². The van der Waals surface area contributed by atoms with E-state index >= 15 is 0 Å². The Balaban J connectivity index is 2.29. The van der Waals surface area contributed by atoms with E-state index in [-0.39, 0.29) is 11.6 Å². The highest BCUT2D eigenvalue weighted by Gasteiger charge is 2.36. The van der Waals surface area contributed by atoms with E-state index in [1.807, 2.05) is 0 Å². The van der Waals surface area contributed by atoms with Gasteiger partial charge in [-0.25, -0.2) is 0 Å². The Labute approximate surface area is 116 Å². The average Bonchev–Trinajstić information content (AvgIpc) is 2.59. The molecule has 1 unspecified atom stereocenters. The zero-order valence-electron chi connectivity index (χ0n) is 10.1. The van der Waals surface area contributed by atoms with Crippen molar-refractivity contribution in [2.24, 2.45) is 0 Å². The second-order valence-corrected chi connectivity index (χ2v) is 5.35. The van der Waals surface area contributed by atoms with E-state index < -0.39 is 17.8 Å². The van der Waals surface area contributed by atoms with Crippen molar-refractivity contribution in [3.8, 4) is 0 Å². The minimum absolute atomic E-state index is 0.0736. The highest BCUT2D eigenvalue weighted by atomic mass is 79.9. The summed E-state index contributed by atoms with van der Waals surface area (Å²) in [7, 11) is 1.63. The fourth-order valence-corrected chi connectivity index (χ4v) is 2.39. The Kier molecular flexibility index (Phi) is 3.75. The standard InChI is InChI=1S/C12H12BrF3N2O/c1-18-5-4-9(11(18)19)17-10-6-7(13)2-3-8(10)12(14,15)16/h2-3,6,9,17H,4-5H2,1H3. The number of anilines is 1. The molecule has 1 fully saturated rings. The van der Waals surface area contributed by atoms with Gasteiger partial charge in [0.25, 0.3) is 0 Å². The number of carbonyl (C=O) groups excluding carboxylic acids is 1. The van der Waals surface area contributed by atoms with Gasteiger partial charge in [-0.2, -0.15) is 13.2 Å². The first-order valence-electron chi connectivity index (χ1n) is 5.67. The number of carbonyl (C=O) groups is 1. The Bertz CT molecular complexity index is 504. The predicted octanol–water partition coefficient (Wildman–Crippen LogP) is 3.11. The van der Waals surface area contributed by atoms with E-state index in [0.717, 1.165) is 6.07 Å². The van der Waals surface area contributed by atoms with Crippen molar-refractivity contribution in [2.75, 3.05) is 18.9 Å². The molecule has 1 aliphatic rings. The summed E-state index contributed by atoms with van der Waals surface area (Å²) in [5.74, 6) is -0.187. The van der Waals surface area contributed by atoms with Crippen LogP contribution in [0.25, 0.3) is 0 Å². The van der Waals surface area contributed by atoms with Gasteiger partial charge in [0.05, 0.1) is 5.56 Å². The molecule has 0 radical (unpaired) electrons. The maximum absolute atomic E-state index is 12.9. The van der Waals surface area contributed by atoms with Crippen LogP contribution in [-0.2, 0) is 11.0 Å². The van der Waals surface area contributed by atoms with Crippen molar-refractivity contribution in [1.29, 1.82) is 0 Å². The van der Waals surface area contributed by atoms with Crippen LogP contribution in [-0.4, -0.2) is 30.4 Å². The van der Waals surface area contributed by atoms with Gasteiger partial charge >= 0.3 is 6.18 Å². The van der Waals surface area contributed by atoms with Crippen molar-refractivity contribution < 1.29 is 18.0 Å². The zero-order valence-corrected chi connectivity index (χ0v) is 11.7. The normalized spacial score (nSPS) is 19.9. The van der Waals surface area contributed by atoms with Crippen LogP contribution in [0.4, 0.5) is 18.9 Å². The Morgan fingerprint density at radius 1 is 1.42 bits per heavy atom. The maximum atomic E-state index is 12.9. The van der Waals surface area contributed by atoms with Crippen LogP contribution in [0.3, 0.4) is 0 Å². The number of amides is 1. The summed E-state index contributed by atoms with van der Waals surface area (Å²) in [6.07, 6.45) is -3.95. The second kappa shape index (κ2) is 5.03. The molecule has 19 heavy (non-hydrogen) atoms. The lowest BCUT2D eigenvalue weighted by Gasteiger charge is -2.18. The minimum Gasteiger partial charge on any atom is -0.373 e. The first-order chi connectivity index (χ1) is 8.79. The molecule has 0 bridgehead atoms. The first-order valence-corrected chi connectivity index (χ1v) is 6.46. The summed E-state index contributed by atoms with van der Waals surface area (Å²) in [4.78, 5) is 13.2. The lowest BCUT2D eigenvalue weighted by molar-refractivity contribution is -0.137. The Hall–Kier alpha value is -1.24. The molecule has 1 atom stereocenters. The highest BCUT2D eigenvalue weighted by Crippen LogP contribution is 2.37. The molecule has 1 amide bonds. The first kappa shape index (κ1) is 14.2. The van der Waals surface area contributed by atoms with E-state index in [0.29, 0.717) is 17.4 Å². The number of nitrogens with zero attached hydrogens (tertiary/aromatic N) is 1. The third kappa shape index (κ3) is 3.02. The topological polar surface area (TPSA) is 32.3 Å². The number of likely N-dealkylation sites (N-methyl/N-ethyl adjacent to an activating group) is 1. The molecule has 2 rings (SSSR count).